The molecule has 0 saturated heterocycles. The van der Waals surface area contributed by atoms with Crippen molar-refractivity contribution in [2.45, 2.75) is 31.9 Å². The summed E-state index contributed by atoms with van der Waals surface area (Å²) in [6.07, 6.45) is 0.681. The first-order chi connectivity index (χ1) is 13.5. The summed E-state index contributed by atoms with van der Waals surface area (Å²) >= 11 is 5.46. The highest BCUT2D eigenvalue weighted by molar-refractivity contribution is 7.80. The smallest absolute Gasteiger partial charge is 0.416 e. The minimum Gasteiger partial charge on any atom is -0.480 e. The van der Waals surface area contributed by atoms with Crippen molar-refractivity contribution in [1.29, 1.82) is 0 Å². The molecule has 148 valence electrons. The molecule has 1 amide bonds. The fourth-order valence-corrected chi connectivity index (χ4v) is 3.04. The topological polar surface area (TPSA) is 92.9 Å². The summed E-state index contributed by atoms with van der Waals surface area (Å²) in [5.41, 5.74) is 6.90. The Morgan fingerprint density at radius 3 is 2.21 bits per heavy atom. The molecule has 0 aliphatic carbocycles. The number of amides is 1. The lowest BCUT2D eigenvalue weighted by Gasteiger charge is -2.29. The monoisotopic (exact) mass is 400 g/mol. The van der Waals surface area contributed by atoms with E-state index in [-0.39, 0.29) is 18.0 Å². The first kappa shape index (κ1) is 21.5. The molecule has 0 unspecified atom stereocenters. The van der Waals surface area contributed by atoms with Crippen LogP contribution in [0.5, 0.6) is 0 Å². The largest absolute Gasteiger partial charge is 0.480 e. The highest BCUT2D eigenvalue weighted by Crippen LogP contribution is 2.17. The molecule has 0 heterocycles. The number of ether oxygens (including phenoxy) is 1. The van der Waals surface area contributed by atoms with Gasteiger partial charge in [0.05, 0.1) is 0 Å². The zero-order chi connectivity index (χ0) is 20.4. The van der Waals surface area contributed by atoms with Gasteiger partial charge in [-0.25, -0.2) is 9.59 Å². The van der Waals surface area contributed by atoms with Crippen molar-refractivity contribution in [2.24, 2.45) is 5.73 Å². The lowest BCUT2D eigenvalue weighted by molar-refractivity contribution is -0.141. The Hall–Kier alpha value is -2.77. The highest BCUT2D eigenvalue weighted by atomic mass is 32.1. The SMILES string of the molecule is NCCCC[C@@H](C(=O)O)N(C(=O)OCc1ccccc1)C(=S)c1ccccc1. The number of unbranched alkanes of at least 4 members (excludes halogenated alkanes) is 1. The van der Waals surface area contributed by atoms with Crippen LogP contribution in [-0.2, 0) is 16.1 Å². The third-order valence-electron chi connectivity index (χ3n) is 4.17. The fourth-order valence-electron chi connectivity index (χ4n) is 2.71. The summed E-state index contributed by atoms with van der Waals surface area (Å²) in [6, 6.07) is 16.9. The Morgan fingerprint density at radius 2 is 1.64 bits per heavy atom. The number of nitrogens with zero attached hydrogens (tertiary/aromatic N) is 1. The van der Waals surface area contributed by atoms with Gasteiger partial charge in [-0.1, -0.05) is 72.9 Å². The van der Waals surface area contributed by atoms with Gasteiger partial charge in [0.15, 0.2) is 0 Å². The van der Waals surface area contributed by atoms with Gasteiger partial charge < -0.3 is 15.6 Å². The molecule has 0 aliphatic heterocycles. The Balaban J connectivity index is 2.24. The maximum Gasteiger partial charge on any atom is 0.416 e. The Morgan fingerprint density at radius 1 is 1.04 bits per heavy atom. The summed E-state index contributed by atoms with van der Waals surface area (Å²) in [4.78, 5) is 25.9. The molecule has 0 fully saturated rings. The minimum atomic E-state index is -1.13. The van der Waals surface area contributed by atoms with Crippen LogP contribution in [0.1, 0.15) is 30.4 Å². The molecule has 0 aromatic heterocycles. The normalized spacial score (nSPS) is 11.5. The molecule has 0 radical (unpaired) electrons. The molecule has 3 N–H and O–H groups in total. The number of rotatable bonds is 9. The van der Waals surface area contributed by atoms with Crippen LogP contribution >= 0.6 is 12.2 Å². The number of aliphatic carboxylic acids is 1. The van der Waals surface area contributed by atoms with Gasteiger partial charge in [-0.15, -0.1) is 0 Å². The highest BCUT2D eigenvalue weighted by Gasteiger charge is 2.34. The van der Waals surface area contributed by atoms with Gasteiger partial charge in [0.1, 0.15) is 17.6 Å². The molecule has 0 aliphatic rings. The summed E-state index contributed by atoms with van der Waals surface area (Å²) in [7, 11) is 0. The predicted molar refractivity (Wildman–Crippen MR) is 111 cm³/mol. The number of hydrogen-bond donors (Lipinski definition) is 2. The summed E-state index contributed by atoms with van der Waals surface area (Å²) in [5, 5.41) is 9.73. The van der Waals surface area contributed by atoms with E-state index >= 15 is 0 Å². The van der Waals surface area contributed by atoms with Crippen LogP contribution in [0.4, 0.5) is 4.79 Å². The molecule has 2 aromatic rings. The van der Waals surface area contributed by atoms with Crippen molar-refractivity contribution in [3.8, 4) is 0 Å². The van der Waals surface area contributed by atoms with Crippen LogP contribution < -0.4 is 5.73 Å². The zero-order valence-electron chi connectivity index (χ0n) is 15.5. The van der Waals surface area contributed by atoms with Crippen LogP contribution in [0.2, 0.25) is 0 Å². The fraction of sp³-hybridized carbons (Fsp3) is 0.286. The van der Waals surface area contributed by atoms with Crippen molar-refractivity contribution in [2.75, 3.05) is 6.54 Å². The van der Waals surface area contributed by atoms with E-state index in [1.807, 2.05) is 36.4 Å². The lowest BCUT2D eigenvalue weighted by Crippen LogP contribution is -2.48. The van der Waals surface area contributed by atoms with Crippen molar-refractivity contribution in [1.82, 2.24) is 4.90 Å². The molecule has 6 nitrogen and oxygen atoms in total. The average molecular weight is 401 g/mol. The van der Waals surface area contributed by atoms with Gasteiger partial charge in [-0.05, 0) is 31.4 Å². The second-order valence-electron chi connectivity index (χ2n) is 6.22. The maximum atomic E-state index is 12.8. The number of carbonyl (C=O) groups is 2. The second-order valence-corrected chi connectivity index (χ2v) is 6.61. The maximum absolute atomic E-state index is 12.8. The van der Waals surface area contributed by atoms with Crippen LogP contribution in [0.15, 0.2) is 60.7 Å². The standard InChI is InChI=1S/C21H24N2O4S/c22-14-8-7-13-18(20(24)25)23(19(28)17-11-5-2-6-12-17)21(26)27-15-16-9-3-1-4-10-16/h1-6,9-12,18H,7-8,13-15,22H2,(H,24,25)/t18-/m0/s1. The van der Waals surface area contributed by atoms with Crippen LogP contribution in [0, 0.1) is 0 Å². The minimum absolute atomic E-state index is 0.0305. The predicted octanol–water partition coefficient (Wildman–Crippen LogP) is 3.58. The summed E-state index contributed by atoms with van der Waals surface area (Å²) in [6.45, 7) is 0.483. The molecule has 1 atom stereocenters. The van der Waals surface area contributed by atoms with Gasteiger partial charge in [-0.2, -0.15) is 0 Å². The van der Waals surface area contributed by atoms with E-state index in [2.05, 4.69) is 0 Å². The van der Waals surface area contributed by atoms with Gasteiger partial charge in [0.25, 0.3) is 0 Å². The number of carbonyl (C=O) groups excluding carboxylic acids is 1. The Labute approximate surface area is 169 Å². The van der Waals surface area contributed by atoms with E-state index < -0.39 is 18.1 Å². The second kappa shape index (κ2) is 11.2. The number of benzene rings is 2. The molecule has 2 rings (SSSR count). The van der Waals surface area contributed by atoms with Gasteiger partial charge in [0, 0.05) is 5.56 Å². The van der Waals surface area contributed by atoms with E-state index in [1.165, 1.54) is 0 Å². The van der Waals surface area contributed by atoms with Crippen LogP contribution in [-0.4, -0.2) is 39.6 Å². The number of thiocarbonyl (C=S) groups is 1. The van der Waals surface area contributed by atoms with Crippen molar-refractivity contribution >= 4 is 29.3 Å². The molecule has 2 aromatic carbocycles. The Kier molecular flexibility index (Phi) is 8.58. The molecule has 7 heteroatoms. The molecule has 28 heavy (non-hydrogen) atoms. The molecule has 0 saturated carbocycles. The number of hydrogen-bond acceptors (Lipinski definition) is 5. The third kappa shape index (κ3) is 6.14. The van der Waals surface area contributed by atoms with Gasteiger partial charge >= 0.3 is 12.1 Å². The molecular formula is C21H24N2O4S. The van der Waals surface area contributed by atoms with Crippen LogP contribution in [0.3, 0.4) is 0 Å². The van der Waals surface area contributed by atoms with E-state index in [9.17, 15) is 14.7 Å². The van der Waals surface area contributed by atoms with E-state index in [0.29, 0.717) is 24.9 Å². The molecule has 0 bridgehead atoms. The van der Waals surface area contributed by atoms with Gasteiger partial charge in [0.2, 0.25) is 0 Å². The summed E-state index contributed by atoms with van der Waals surface area (Å²) < 4.78 is 5.38. The van der Waals surface area contributed by atoms with Gasteiger partial charge in [-0.3, -0.25) is 4.90 Å². The Bertz CT molecular complexity index is 784. The number of nitrogens with two attached hydrogens (primary N) is 1. The first-order valence-corrected chi connectivity index (χ1v) is 9.47. The summed E-state index contributed by atoms with van der Waals surface area (Å²) in [5.74, 6) is -1.13. The average Bonchev–Trinajstić information content (AvgIpc) is 2.72. The van der Waals surface area contributed by atoms with Crippen molar-refractivity contribution < 1.29 is 19.4 Å². The zero-order valence-corrected chi connectivity index (χ0v) is 16.3. The quantitative estimate of drug-likeness (QED) is 0.494. The van der Waals surface area contributed by atoms with E-state index in [4.69, 9.17) is 22.7 Å². The van der Waals surface area contributed by atoms with E-state index in [0.717, 1.165) is 10.5 Å². The van der Waals surface area contributed by atoms with Crippen molar-refractivity contribution in [3.05, 3.63) is 71.8 Å². The van der Waals surface area contributed by atoms with Crippen LogP contribution in [0.25, 0.3) is 0 Å². The molecule has 0 spiro atoms. The number of carboxylic acid groups (broad SMARTS) is 1. The van der Waals surface area contributed by atoms with E-state index in [1.54, 1.807) is 24.3 Å². The lowest BCUT2D eigenvalue weighted by atomic mass is 10.1. The molecular weight excluding hydrogens is 376 g/mol. The first-order valence-electron chi connectivity index (χ1n) is 9.06. The number of carboxylic acids is 1. The third-order valence-corrected chi connectivity index (χ3v) is 4.60. The van der Waals surface area contributed by atoms with Crippen molar-refractivity contribution in [3.63, 3.8) is 0 Å².